The van der Waals surface area contributed by atoms with Crippen molar-refractivity contribution in [2.75, 3.05) is 13.2 Å². The summed E-state index contributed by atoms with van der Waals surface area (Å²) in [6, 6.07) is 16.2. The molecule has 0 atom stereocenters. The Morgan fingerprint density at radius 1 is 0.931 bits per heavy atom. The van der Waals surface area contributed by atoms with Crippen molar-refractivity contribution in [2.24, 2.45) is 0 Å². The summed E-state index contributed by atoms with van der Waals surface area (Å²) >= 11 is 0. The van der Waals surface area contributed by atoms with Crippen LogP contribution in [0.5, 0.6) is 0 Å². The lowest BCUT2D eigenvalue weighted by Gasteiger charge is -2.04. The first-order valence-corrected chi connectivity index (χ1v) is 9.30. The third kappa shape index (κ3) is 8.31. The van der Waals surface area contributed by atoms with E-state index in [0.29, 0.717) is 17.7 Å². The first-order chi connectivity index (χ1) is 14.1. The Balaban J connectivity index is 1.72. The van der Waals surface area contributed by atoms with Crippen LogP contribution in [-0.2, 0) is 20.9 Å². The van der Waals surface area contributed by atoms with Gasteiger partial charge in [-0.15, -0.1) is 0 Å². The van der Waals surface area contributed by atoms with E-state index in [2.05, 4.69) is 17.2 Å². The minimum atomic E-state index is -0.536. The molecular weight excluding hydrogens is 370 g/mol. The van der Waals surface area contributed by atoms with E-state index in [1.54, 1.807) is 31.2 Å². The van der Waals surface area contributed by atoms with Gasteiger partial charge in [0.1, 0.15) is 6.61 Å². The summed E-state index contributed by atoms with van der Waals surface area (Å²) in [5.41, 5.74) is 2.14. The number of carbonyl (C=O) groups is 3. The van der Waals surface area contributed by atoms with Crippen molar-refractivity contribution in [3.63, 3.8) is 0 Å². The van der Waals surface area contributed by atoms with Crippen LogP contribution < -0.4 is 5.32 Å². The molecule has 0 bridgehead atoms. The molecule has 0 aliphatic rings. The summed E-state index contributed by atoms with van der Waals surface area (Å²) in [6.45, 7) is 2.38. The fraction of sp³-hybridized carbons (Fsp3) is 0.261. The van der Waals surface area contributed by atoms with E-state index in [1.165, 1.54) is 0 Å². The number of ether oxygens (including phenoxy) is 2. The number of benzene rings is 2. The summed E-state index contributed by atoms with van der Waals surface area (Å²) in [7, 11) is 0. The highest BCUT2D eigenvalue weighted by Crippen LogP contribution is 2.08. The third-order valence-corrected chi connectivity index (χ3v) is 3.83. The first-order valence-electron chi connectivity index (χ1n) is 9.30. The summed E-state index contributed by atoms with van der Waals surface area (Å²) < 4.78 is 9.90. The average molecular weight is 393 g/mol. The highest BCUT2D eigenvalue weighted by molar-refractivity contribution is 5.97. The number of hydrogen-bond donors (Lipinski definition) is 1. The number of esters is 1. The van der Waals surface area contributed by atoms with Gasteiger partial charge >= 0.3 is 12.1 Å². The summed E-state index contributed by atoms with van der Waals surface area (Å²) in [5.74, 6) is 5.23. The molecule has 1 amide bonds. The van der Waals surface area contributed by atoms with Gasteiger partial charge in [-0.05, 0) is 24.6 Å². The molecule has 0 heterocycles. The van der Waals surface area contributed by atoms with Gasteiger partial charge in [0.2, 0.25) is 0 Å². The standard InChI is InChI=1S/C23H23NO5/c1-2-28-22(26)15-14-21(25)20-12-10-18(11-13-20)9-6-16-24-23(27)29-17-19-7-4-3-5-8-19/h3-5,7-8,10-13H,2,14-17H2,1H3,(H,24,27). The average Bonchev–Trinajstić information content (AvgIpc) is 2.75. The van der Waals surface area contributed by atoms with Gasteiger partial charge in [0.05, 0.1) is 19.6 Å². The van der Waals surface area contributed by atoms with Crippen LogP contribution in [-0.4, -0.2) is 31.0 Å². The van der Waals surface area contributed by atoms with Gasteiger partial charge < -0.3 is 14.8 Å². The zero-order valence-corrected chi connectivity index (χ0v) is 16.3. The van der Waals surface area contributed by atoms with Crippen LogP contribution in [0.1, 0.15) is 41.3 Å². The predicted octanol–water partition coefficient (Wildman–Crippen LogP) is 3.49. The monoisotopic (exact) mass is 393 g/mol. The third-order valence-electron chi connectivity index (χ3n) is 3.83. The quantitative estimate of drug-likeness (QED) is 0.422. The maximum Gasteiger partial charge on any atom is 0.408 e. The molecule has 0 aliphatic carbocycles. The van der Waals surface area contributed by atoms with Gasteiger partial charge in [0.25, 0.3) is 0 Å². The summed E-state index contributed by atoms with van der Waals surface area (Å²) in [5, 5.41) is 2.56. The molecule has 0 aliphatic heterocycles. The number of ketones is 1. The van der Waals surface area contributed by atoms with Crippen LogP contribution in [0.3, 0.4) is 0 Å². The van der Waals surface area contributed by atoms with Gasteiger partial charge in [0.15, 0.2) is 5.78 Å². The molecule has 1 N–H and O–H groups in total. The molecule has 0 saturated heterocycles. The molecule has 2 aromatic carbocycles. The van der Waals surface area contributed by atoms with Crippen molar-refractivity contribution in [3.8, 4) is 11.8 Å². The molecule has 29 heavy (non-hydrogen) atoms. The molecule has 0 aromatic heterocycles. The van der Waals surface area contributed by atoms with Crippen molar-refractivity contribution in [1.82, 2.24) is 5.32 Å². The van der Waals surface area contributed by atoms with Crippen LogP contribution in [0.2, 0.25) is 0 Å². The Morgan fingerprint density at radius 2 is 1.66 bits per heavy atom. The number of nitrogens with one attached hydrogen (secondary N) is 1. The number of amides is 1. The lowest BCUT2D eigenvalue weighted by molar-refractivity contribution is -0.143. The van der Waals surface area contributed by atoms with E-state index in [9.17, 15) is 14.4 Å². The van der Waals surface area contributed by atoms with E-state index >= 15 is 0 Å². The van der Waals surface area contributed by atoms with Crippen LogP contribution in [0.25, 0.3) is 0 Å². The molecule has 6 heteroatoms. The second-order valence-corrected chi connectivity index (χ2v) is 6.02. The Labute approximate surface area is 170 Å². The lowest BCUT2D eigenvalue weighted by Crippen LogP contribution is -2.24. The van der Waals surface area contributed by atoms with Crippen LogP contribution in [0.4, 0.5) is 4.79 Å². The Bertz CT molecular complexity index is 879. The van der Waals surface area contributed by atoms with Crippen molar-refractivity contribution >= 4 is 17.8 Å². The number of hydrogen-bond acceptors (Lipinski definition) is 5. The molecule has 0 fully saturated rings. The molecule has 6 nitrogen and oxygen atoms in total. The lowest BCUT2D eigenvalue weighted by atomic mass is 10.0. The number of carbonyl (C=O) groups excluding carboxylic acids is 3. The van der Waals surface area contributed by atoms with E-state index < -0.39 is 6.09 Å². The van der Waals surface area contributed by atoms with Crippen molar-refractivity contribution in [1.29, 1.82) is 0 Å². The smallest absolute Gasteiger partial charge is 0.408 e. The fourth-order valence-corrected chi connectivity index (χ4v) is 2.37. The van der Waals surface area contributed by atoms with Crippen molar-refractivity contribution in [2.45, 2.75) is 26.4 Å². The second-order valence-electron chi connectivity index (χ2n) is 6.02. The van der Waals surface area contributed by atoms with Gasteiger partial charge in [-0.3, -0.25) is 9.59 Å². The first kappa shape index (κ1) is 21.7. The van der Waals surface area contributed by atoms with Gasteiger partial charge in [0, 0.05) is 17.5 Å². The topological polar surface area (TPSA) is 81.7 Å². The molecule has 0 spiro atoms. The van der Waals surface area contributed by atoms with Crippen molar-refractivity contribution in [3.05, 3.63) is 71.3 Å². The molecule has 150 valence electrons. The highest BCUT2D eigenvalue weighted by Gasteiger charge is 2.09. The van der Waals surface area contributed by atoms with E-state index in [-0.39, 0.29) is 37.7 Å². The van der Waals surface area contributed by atoms with Crippen LogP contribution in [0, 0.1) is 11.8 Å². The zero-order valence-electron chi connectivity index (χ0n) is 16.3. The van der Waals surface area contributed by atoms with Gasteiger partial charge in [-0.1, -0.05) is 54.3 Å². The van der Waals surface area contributed by atoms with Crippen LogP contribution in [0.15, 0.2) is 54.6 Å². The second kappa shape index (κ2) is 12.0. The molecular formula is C23H23NO5. The minimum Gasteiger partial charge on any atom is -0.466 e. The minimum absolute atomic E-state index is 0.0697. The normalized spacial score (nSPS) is 9.69. The Morgan fingerprint density at radius 3 is 2.34 bits per heavy atom. The number of Topliss-reactive ketones (excluding diaryl/α,β-unsaturated/α-hetero) is 1. The molecule has 2 aromatic rings. The number of alkyl carbamates (subject to hydrolysis) is 1. The predicted molar refractivity (Wildman–Crippen MR) is 108 cm³/mol. The SMILES string of the molecule is CCOC(=O)CCC(=O)c1ccc(C#CCNC(=O)OCc2ccccc2)cc1. The molecule has 0 radical (unpaired) electrons. The van der Waals surface area contributed by atoms with Crippen LogP contribution >= 0.6 is 0 Å². The van der Waals surface area contributed by atoms with Gasteiger partial charge in [-0.25, -0.2) is 4.79 Å². The molecule has 2 rings (SSSR count). The Hall–Kier alpha value is -3.59. The fourth-order valence-electron chi connectivity index (χ4n) is 2.37. The summed E-state index contributed by atoms with van der Waals surface area (Å²) in [6.07, 6.45) is -0.357. The molecule has 0 saturated carbocycles. The Kier molecular flexibility index (Phi) is 8.97. The maximum absolute atomic E-state index is 12.1. The summed E-state index contributed by atoms with van der Waals surface area (Å²) in [4.78, 5) is 35.0. The highest BCUT2D eigenvalue weighted by atomic mass is 16.5. The number of rotatable bonds is 8. The molecule has 0 unspecified atom stereocenters. The van der Waals surface area contributed by atoms with E-state index in [0.717, 1.165) is 5.56 Å². The largest absolute Gasteiger partial charge is 0.466 e. The zero-order chi connectivity index (χ0) is 20.9. The van der Waals surface area contributed by atoms with Gasteiger partial charge in [-0.2, -0.15) is 0 Å². The van der Waals surface area contributed by atoms with E-state index in [4.69, 9.17) is 9.47 Å². The maximum atomic E-state index is 12.1. The van der Waals surface area contributed by atoms with Crippen molar-refractivity contribution < 1.29 is 23.9 Å². The van der Waals surface area contributed by atoms with E-state index in [1.807, 2.05) is 30.3 Å².